The molecule has 1 unspecified atom stereocenters. The Kier molecular flexibility index (Phi) is 7.11. The largest absolute Gasteiger partial charge is 0.466 e. The van der Waals surface area contributed by atoms with Gasteiger partial charge < -0.3 is 9.47 Å². The van der Waals surface area contributed by atoms with Crippen LogP contribution < -0.4 is 0 Å². The van der Waals surface area contributed by atoms with E-state index in [-0.39, 0.29) is 5.97 Å². The third-order valence-electron chi connectivity index (χ3n) is 2.15. The van der Waals surface area contributed by atoms with Crippen molar-refractivity contribution >= 4 is 5.97 Å². The highest BCUT2D eigenvalue weighted by atomic mass is 16.5. The minimum absolute atomic E-state index is 0.276. The molecule has 3 nitrogen and oxygen atoms in total. The Morgan fingerprint density at radius 1 is 1.43 bits per heavy atom. The summed E-state index contributed by atoms with van der Waals surface area (Å²) in [5.74, 6) is -0.276. The number of hydrogen-bond acceptors (Lipinski definition) is 3. The summed E-state index contributed by atoms with van der Waals surface area (Å²) in [6, 6.07) is 0. The summed E-state index contributed by atoms with van der Waals surface area (Å²) in [7, 11) is 3.10. The molecule has 0 saturated carbocycles. The molecule has 0 spiro atoms. The molecule has 0 aliphatic heterocycles. The maximum absolute atomic E-state index is 10.9. The minimum atomic E-state index is -0.276. The third kappa shape index (κ3) is 6.66. The molecule has 0 aromatic rings. The van der Waals surface area contributed by atoms with Crippen molar-refractivity contribution in [2.24, 2.45) is 0 Å². The zero-order chi connectivity index (χ0) is 11.0. The molecule has 0 N–H and O–H groups in total. The summed E-state index contributed by atoms with van der Waals surface area (Å²) in [5, 5.41) is 0. The van der Waals surface area contributed by atoms with Crippen LogP contribution >= 0.6 is 0 Å². The Labute approximate surface area is 86.1 Å². The van der Waals surface area contributed by atoms with Crippen molar-refractivity contribution in [3.63, 3.8) is 0 Å². The van der Waals surface area contributed by atoms with E-state index < -0.39 is 0 Å². The van der Waals surface area contributed by atoms with Gasteiger partial charge in [0, 0.05) is 13.2 Å². The zero-order valence-electron chi connectivity index (χ0n) is 9.50. The van der Waals surface area contributed by atoms with Crippen LogP contribution in [-0.4, -0.2) is 26.3 Å². The van der Waals surface area contributed by atoms with Crippen molar-refractivity contribution in [3.8, 4) is 0 Å². The van der Waals surface area contributed by atoms with Gasteiger partial charge in [0.25, 0.3) is 0 Å². The summed E-state index contributed by atoms with van der Waals surface area (Å²) in [5.41, 5.74) is 1.06. The molecule has 0 aliphatic carbocycles. The lowest BCUT2D eigenvalue weighted by atomic mass is 10.1. The van der Waals surface area contributed by atoms with Crippen LogP contribution in [0.1, 0.15) is 33.1 Å². The van der Waals surface area contributed by atoms with Crippen LogP contribution in [0, 0.1) is 0 Å². The van der Waals surface area contributed by atoms with Gasteiger partial charge in [0.05, 0.1) is 13.2 Å². The van der Waals surface area contributed by atoms with Crippen molar-refractivity contribution in [1.29, 1.82) is 0 Å². The number of ether oxygens (including phenoxy) is 2. The molecule has 0 aromatic carbocycles. The number of methoxy groups -OCH3 is 2. The van der Waals surface area contributed by atoms with Crippen LogP contribution in [0.2, 0.25) is 0 Å². The fourth-order valence-electron chi connectivity index (χ4n) is 1.12. The first-order valence-corrected chi connectivity index (χ1v) is 4.88. The number of carbonyl (C=O) groups excluding carboxylic acids is 1. The fourth-order valence-corrected chi connectivity index (χ4v) is 1.12. The van der Waals surface area contributed by atoms with Crippen LogP contribution in [-0.2, 0) is 14.3 Å². The Hall–Kier alpha value is -0.830. The fraction of sp³-hybridized carbons (Fsp3) is 0.727. The molecule has 0 fully saturated rings. The first kappa shape index (κ1) is 13.2. The smallest absolute Gasteiger partial charge is 0.330 e. The molecule has 0 radical (unpaired) electrons. The molecule has 1 atom stereocenters. The molecule has 0 heterocycles. The van der Waals surface area contributed by atoms with Gasteiger partial charge in [-0.3, -0.25) is 0 Å². The topological polar surface area (TPSA) is 35.5 Å². The Morgan fingerprint density at radius 3 is 2.57 bits per heavy atom. The number of hydrogen-bond donors (Lipinski definition) is 0. The van der Waals surface area contributed by atoms with E-state index in [1.54, 1.807) is 7.11 Å². The lowest BCUT2D eigenvalue weighted by Gasteiger charge is -2.08. The number of rotatable bonds is 6. The summed E-state index contributed by atoms with van der Waals surface area (Å²) in [6.07, 6.45) is 4.80. The first-order chi connectivity index (χ1) is 6.60. The molecule has 82 valence electrons. The van der Waals surface area contributed by atoms with Crippen LogP contribution in [0.25, 0.3) is 0 Å². The van der Waals surface area contributed by atoms with Crippen molar-refractivity contribution in [1.82, 2.24) is 0 Å². The van der Waals surface area contributed by atoms with Crippen LogP contribution in [0.4, 0.5) is 0 Å². The Bertz CT molecular complexity index is 197. The predicted molar refractivity (Wildman–Crippen MR) is 56.1 cm³/mol. The van der Waals surface area contributed by atoms with Crippen molar-refractivity contribution in [2.45, 2.75) is 39.2 Å². The van der Waals surface area contributed by atoms with Gasteiger partial charge >= 0.3 is 5.97 Å². The molecule has 0 rings (SSSR count). The highest BCUT2D eigenvalue weighted by molar-refractivity contribution is 5.82. The molecular formula is C11H20O3. The molecular weight excluding hydrogens is 180 g/mol. The van der Waals surface area contributed by atoms with Crippen molar-refractivity contribution in [2.75, 3.05) is 14.2 Å². The normalized spacial score (nSPS) is 13.9. The quantitative estimate of drug-likeness (QED) is 0.487. The van der Waals surface area contributed by atoms with Gasteiger partial charge in [-0.1, -0.05) is 5.57 Å². The van der Waals surface area contributed by atoms with Crippen LogP contribution in [0.3, 0.4) is 0 Å². The minimum Gasteiger partial charge on any atom is -0.466 e. The molecule has 3 heteroatoms. The van der Waals surface area contributed by atoms with Crippen molar-refractivity contribution < 1.29 is 14.3 Å². The van der Waals surface area contributed by atoms with Gasteiger partial charge in [0.2, 0.25) is 0 Å². The number of allylic oxidation sites excluding steroid dienone is 1. The van der Waals surface area contributed by atoms with Gasteiger partial charge in [-0.2, -0.15) is 0 Å². The summed E-state index contributed by atoms with van der Waals surface area (Å²) < 4.78 is 9.65. The summed E-state index contributed by atoms with van der Waals surface area (Å²) in [4.78, 5) is 10.9. The standard InChI is InChI=1S/C11H20O3/c1-9(8-11(12)14-4)6-5-7-10(2)13-3/h8,10H,5-7H2,1-4H3. The predicted octanol–water partition coefficient (Wildman–Crippen LogP) is 2.31. The second kappa shape index (κ2) is 7.56. The highest BCUT2D eigenvalue weighted by Gasteiger charge is 2.00. The van der Waals surface area contributed by atoms with Gasteiger partial charge in [-0.25, -0.2) is 4.79 Å². The van der Waals surface area contributed by atoms with E-state index in [9.17, 15) is 4.79 Å². The monoisotopic (exact) mass is 200 g/mol. The Balaban J connectivity index is 3.68. The van der Waals surface area contributed by atoms with Gasteiger partial charge in [0.1, 0.15) is 0 Å². The van der Waals surface area contributed by atoms with Crippen LogP contribution in [0.15, 0.2) is 11.6 Å². The molecule has 0 amide bonds. The Morgan fingerprint density at radius 2 is 2.07 bits per heavy atom. The average molecular weight is 200 g/mol. The van der Waals surface area contributed by atoms with E-state index in [0.29, 0.717) is 6.10 Å². The molecule has 0 aliphatic rings. The third-order valence-corrected chi connectivity index (χ3v) is 2.15. The number of esters is 1. The average Bonchev–Trinajstić information content (AvgIpc) is 2.17. The van der Waals surface area contributed by atoms with E-state index in [4.69, 9.17) is 4.74 Å². The second-order valence-corrected chi connectivity index (χ2v) is 3.45. The van der Waals surface area contributed by atoms with Gasteiger partial charge in [0.15, 0.2) is 0 Å². The second-order valence-electron chi connectivity index (χ2n) is 3.45. The zero-order valence-corrected chi connectivity index (χ0v) is 9.50. The van der Waals surface area contributed by atoms with Crippen LogP contribution in [0.5, 0.6) is 0 Å². The van der Waals surface area contributed by atoms with Gasteiger partial charge in [-0.15, -0.1) is 0 Å². The lowest BCUT2D eigenvalue weighted by Crippen LogP contribution is -2.04. The van der Waals surface area contributed by atoms with E-state index in [2.05, 4.69) is 4.74 Å². The molecule has 14 heavy (non-hydrogen) atoms. The summed E-state index contributed by atoms with van der Waals surface area (Å²) >= 11 is 0. The van der Waals surface area contributed by atoms with Gasteiger partial charge in [-0.05, 0) is 33.1 Å². The summed E-state index contributed by atoms with van der Waals surface area (Å²) in [6.45, 7) is 3.98. The maximum Gasteiger partial charge on any atom is 0.330 e. The first-order valence-electron chi connectivity index (χ1n) is 4.88. The van der Waals surface area contributed by atoms with Crippen molar-refractivity contribution in [3.05, 3.63) is 11.6 Å². The lowest BCUT2D eigenvalue weighted by molar-refractivity contribution is -0.134. The van der Waals surface area contributed by atoms with E-state index in [1.165, 1.54) is 13.2 Å². The van der Waals surface area contributed by atoms with E-state index in [1.807, 2.05) is 13.8 Å². The molecule has 0 bridgehead atoms. The molecule has 0 saturated heterocycles. The van der Waals surface area contributed by atoms with E-state index in [0.717, 1.165) is 24.8 Å². The highest BCUT2D eigenvalue weighted by Crippen LogP contribution is 2.09. The maximum atomic E-state index is 10.9. The number of carbonyl (C=O) groups is 1. The molecule has 0 aromatic heterocycles. The van der Waals surface area contributed by atoms with E-state index >= 15 is 0 Å². The SMILES string of the molecule is COC(=O)C=C(C)CCCC(C)OC.